The zero-order valence-electron chi connectivity index (χ0n) is 13.7. The lowest BCUT2D eigenvalue weighted by molar-refractivity contribution is -0.137. The molecule has 2 N–H and O–H groups in total. The average Bonchev–Trinajstić information content (AvgIpc) is 3.23. The fourth-order valence-electron chi connectivity index (χ4n) is 2.78. The van der Waals surface area contributed by atoms with Crippen molar-refractivity contribution in [2.75, 3.05) is 18.2 Å². The maximum absolute atomic E-state index is 12.6. The summed E-state index contributed by atoms with van der Waals surface area (Å²) in [6, 6.07) is 5.49. The van der Waals surface area contributed by atoms with Crippen LogP contribution in [-0.2, 0) is 16.0 Å². The van der Waals surface area contributed by atoms with Crippen molar-refractivity contribution < 1.29 is 9.59 Å². The molecule has 0 bridgehead atoms. The minimum absolute atomic E-state index is 0.00509. The van der Waals surface area contributed by atoms with Crippen LogP contribution in [0.15, 0.2) is 24.4 Å². The molecule has 1 aromatic heterocycles. The summed E-state index contributed by atoms with van der Waals surface area (Å²) in [6.07, 6.45) is 4.06. The Labute approximate surface area is 145 Å². The number of amides is 2. The van der Waals surface area contributed by atoms with Crippen molar-refractivity contribution in [1.29, 1.82) is 0 Å². The van der Waals surface area contributed by atoms with Gasteiger partial charge in [0.2, 0.25) is 11.8 Å². The van der Waals surface area contributed by atoms with E-state index in [0.29, 0.717) is 24.6 Å². The third-order valence-electron chi connectivity index (χ3n) is 4.20. The van der Waals surface area contributed by atoms with Gasteiger partial charge in [-0.3, -0.25) is 14.7 Å². The topological polar surface area (TPSA) is 78.1 Å². The Hall–Kier alpha value is -2.02. The maximum Gasteiger partial charge on any atom is 0.243 e. The third-order valence-corrected chi connectivity index (χ3v) is 5.21. The predicted octanol–water partition coefficient (Wildman–Crippen LogP) is 1.92. The molecule has 2 heterocycles. The minimum Gasteiger partial charge on any atom is -0.354 e. The van der Waals surface area contributed by atoms with Crippen molar-refractivity contribution >= 4 is 34.5 Å². The van der Waals surface area contributed by atoms with Crippen molar-refractivity contribution in [3.63, 3.8) is 0 Å². The lowest BCUT2D eigenvalue weighted by atomic mass is 10.1. The lowest BCUT2D eigenvalue weighted by Gasteiger charge is -2.23. The molecule has 1 unspecified atom stereocenters. The number of hydrogen-bond donors (Lipinski definition) is 2. The molecule has 6 nitrogen and oxygen atoms in total. The van der Waals surface area contributed by atoms with Crippen molar-refractivity contribution in [1.82, 2.24) is 20.4 Å². The predicted molar refractivity (Wildman–Crippen MR) is 95.7 cm³/mol. The first-order valence-electron chi connectivity index (χ1n) is 8.26. The molecule has 0 saturated carbocycles. The SMILES string of the molecule is CCCCNC(=O)C1CSCN1C(=O)Cc1ccc2cn[nH]c2c1. The van der Waals surface area contributed by atoms with Gasteiger partial charge in [-0.15, -0.1) is 11.8 Å². The maximum atomic E-state index is 12.6. The van der Waals surface area contributed by atoms with Gasteiger partial charge in [-0.05, 0) is 18.1 Å². The molecule has 1 saturated heterocycles. The largest absolute Gasteiger partial charge is 0.354 e. The Morgan fingerprint density at radius 1 is 1.46 bits per heavy atom. The smallest absolute Gasteiger partial charge is 0.243 e. The van der Waals surface area contributed by atoms with Gasteiger partial charge in [0, 0.05) is 17.7 Å². The van der Waals surface area contributed by atoms with Crippen molar-refractivity contribution in [3.05, 3.63) is 30.0 Å². The van der Waals surface area contributed by atoms with E-state index in [1.54, 1.807) is 22.9 Å². The van der Waals surface area contributed by atoms with E-state index in [1.807, 2.05) is 18.2 Å². The zero-order valence-corrected chi connectivity index (χ0v) is 14.6. The Morgan fingerprint density at radius 2 is 2.33 bits per heavy atom. The first-order chi connectivity index (χ1) is 11.7. The molecule has 1 aromatic carbocycles. The highest BCUT2D eigenvalue weighted by Crippen LogP contribution is 2.23. The monoisotopic (exact) mass is 346 g/mol. The van der Waals surface area contributed by atoms with Crippen LogP contribution in [0, 0.1) is 0 Å². The van der Waals surface area contributed by atoms with E-state index >= 15 is 0 Å². The van der Waals surface area contributed by atoms with Gasteiger partial charge in [0.1, 0.15) is 6.04 Å². The quantitative estimate of drug-likeness (QED) is 0.784. The van der Waals surface area contributed by atoms with Crippen molar-refractivity contribution in [2.24, 2.45) is 0 Å². The molecule has 2 aromatic rings. The van der Waals surface area contributed by atoms with E-state index in [4.69, 9.17) is 0 Å². The number of benzene rings is 1. The lowest BCUT2D eigenvalue weighted by Crippen LogP contribution is -2.47. The number of rotatable bonds is 6. The molecule has 1 aliphatic rings. The van der Waals surface area contributed by atoms with Crippen LogP contribution in [0.25, 0.3) is 10.9 Å². The summed E-state index contributed by atoms with van der Waals surface area (Å²) < 4.78 is 0. The summed E-state index contributed by atoms with van der Waals surface area (Å²) in [7, 11) is 0. The second-order valence-electron chi connectivity index (χ2n) is 5.99. The van der Waals surface area contributed by atoms with Gasteiger partial charge in [-0.1, -0.05) is 25.5 Å². The highest BCUT2D eigenvalue weighted by Gasteiger charge is 2.34. The molecule has 3 rings (SSSR count). The average molecular weight is 346 g/mol. The number of H-pyrrole nitrogens is 1. The number of carbonyl (C=O) groups excluding carboxylic acids is 2. The molecule has 0 radical (unpaired) electrons. The van der Waals surface area contributed by atoms with Gasteiger partial charge in [-0.2, -0.15) is 5.10 Å². The van der Waals surface area contributed by atoms with E-state index in [-0.39, 0.29) is 17.9 Å². The standard InChI is InChI=1S/C17H22N4O2S/c1-2-3-6-18-17(23)15-10-24-11-21(15)16(22)8-12-4-5-13-9-19-20-14(13)7-12/h4-5,7,9,15H,2-3,6,8,10-11H2,1H3,(H,18,23)(H,19,20). The number of nitrogens with zero attached hydrogens (tertiary/aromatic N) is 2. The van der Waals surface area contributed by atoms with Crippen molar-refractivity contribution in [3.8, 4) is 0 Å². The van der Waals surface area contributed by atoms with Crippen LogP contribution in [0.3, 0.4) is 0 Å². The first kappa shape index (κ1) is 16.8. The Bertz CT molecular complexity index is 730. The molecule has 0 aliphatic carbocycles. The summed E-state index contributed by atoms with van der Waals surface area (Å²) >= 11 is 1.63. The second kappa shape index (κ2) is 7.70. The van der Waals surface area contributed by atoms with E-state index in [0.717, 1.165) is 29.3 Å². The summed E-state index contributed by atoms with van der Waals surface area (Å²) in [5, 5.41) is 10.9. The zero-order chi connectivity index (χ0) is 16.9. The van der Waals surface area contributed by atoms with Crippen LogP contribution in [-0.4, -0.2) is 51.1 Å². The summed E-state index contributed by atoms with van der Waals surface area (Å²) in [4.78, 5) is 26.6. The Balaban J connectivity index is 1.63. The fourth-order valence-corrected chi connectivity index (χ4v) is 3.96. The summed E-state index contributed by atoms with van der Waals surface area (Å²) in [5.41, 5.74) is 1.85. The van der Waals surface area contributed by atoms with Gasteiger partial charge in [0.25, 0.3) is 0 Å². The van der Waals surface area contributed by atoms with Crippen LogP contribution < -0.4 is 5.32 Å². The summed E-state index contributed by atoms with van der Waals surface area (Å²) in [6.45, 7) is 2.76. The van der Waals surface area contributed by atoms with Crippen LogP contribution in [0.4, 0.5) is 0 Å². The molecule has 1 fully saturated rings. The van der Waals surface area contributed by atoms with Crippen LogP contribution in [0.5, 0.6) is 0 Å². The second-order valence-corrected chi connectivity index (χ2v) is 6.99. The molecule has 0 spiro atoms. The number of carbonyl (C=O) groups is 2. The van der Waals surface area contributed by atoms with E-state index in [9.17, 15) is 9.59 Å². The number of thioether (sulfide) groups is 1. The van der Waals surface area contributed by atoms with Crippen LogP contribution >= 0.6 is 11.8 Å². The van der Waals surface area contributed by atoms with E-state index in [2.05, 4.69) is 22.4 Å². The number of hydrogen-bond acceptors (Lipinski definition) is 4. The number of fused-ring (bicyclic) bond motifs is 1. The molecule has 24 heavy (non-hydrogen) atoms. The molecule has 1 atom stereocenters. The van der Waals surface area contributed by atoms with Crippen LogP contribution in [0.1, 0.15) is 25.3 Å². The van der Waals surface area contributed by atoms with Gasteiger partial charge >= 0.3 is 0 Å². The number of aromatic nitrogens is 2. The van der Waals surface area contributed by atoms with Crippen molar-refractivity contribution in [2.45, 2.75) is 32.2 Å². The van der Waals surface area contributed by atoms with Gasteiger partial charge in [0.05, 0.1) is 24.0 Å². The number of aromatic amines is 1. The van der Waals surface area contributed by atoms with Gasteiger partial charge in [-0.25, -0.2) is 0 Å². The molecular formula is C17H22N4O2S. The Kier molecular flexibility index (Phi) is 5.40. The van der Waals surface area contributed by atoms with E-state index < -0.39 is 0 Å². The number of nitrogens with one attached hydrogen (secondary N) is 2. The highest BCUT2D eigenvalue weighted by molar-refractivity contribution is 7.99. The van der Waals surface area contributed by atoms with E-state index in [1.165, 1.54) is 0 Å². The number of unbranched alkanes of at least 4 members (excludes halogenated alkanes) is 1. The Morgan fingerprint density at radius 3 is 3.17 bits per heavy atom. The first-order valence-corrected chi connectivity index (χ1v) is 9.41. The fraction of sp³-hybridized carbons (Fsp3) is 0.471. The third kappa shape index (κ3) is 3.72. The molecule has 2 amide bonds. The molecule has 7 heteroatoms. The molecule has 128 valence electrons. The van der Waals surface area contributed by atoms with Gasteiger partial charge in [0.15, 0.2) is 0 Å². The van der Waals surface area contributed by atoms with Crippen LogP contribution in [0.2, 0.25) is 0 Å². The minimum atomic E-state index is -0.352. The summed E-state index contributed by atoms with van der Waals surface area (Å²) in [5.74, 6) is 1.21. The van der Waals surface area contributed by atoms with Gasteiger partial charge < -0.3 is 10.2 Å². The molecular weight excluding hydrogens is 324 g/mol. The highest BCUT2D eigenvalue weighted by atomic mass is 32.2. The normalized spacial score (nSPS) is 17.4. The molecule has 1 aliphatic heterocycles.